The molecule has 3 N–H and O–H groups in total. The second kappa shape index (κ2) is 4.70. The topological polar surface area (TPSA) is 88.8 Å². The molecule has 0 bridgehead atoms. The zero-order valence-electron chi connectivity index (χ0n) is 10.5. The van der Waals surface area contributed by atoms with E-state index in [1.165, 1.54) is 6.26 Å². The van der Waals surface area contributed by atoms with Crippen molar-refractivity contribution in [2.45, 2.75) is 30.7 Å². The fourth-order valence-electron chi connectivity index (χ4n) is 1.95. The lowest BCUT2D eigenvalue weighted by atomic mass is 10.2. The third-order valence-corrected chi connectivity index (χ3v) is 3.97. The van der Waals surface area contributed by atoms with Crippen LogP contribution in [0.15, 0.2) is 23.1 Å². The minimum absolute atomic E-state index is 0.185. The van der Waals surface area contributed by atoms with E-state index in [9.17, 15) is 8.42 Å². The van der Waals surface area contributed by atoms with E-state index in [1.54, 1.807) is 18.2 Å². The average molecular weight is 267 g/mol. The number of hydrogen-bond acceptors (Lipinski definition) is 4. The summed E-state index contributed by atoms with van der Waals surface area (Å²) in [7, 11) is -3.28. The van der Waals surface area contributed by atoms with Gasteiger partial charge in [0.2, 0.25) is 0 Å². The molecule has 1 heterocycles. The third-order valence-electron chi connectivity index (χ3n) is 2.84. The fourth-order valence-corrected chi connectivity index (χ4v) is 2.78. The van der Waals surface area contributed by atoms with Crippen LogP contribution < -0.4 is 5.73 Å². The Labute approximate surface area is 106 Å². The first-order chi connectivity index (χ1) is 8.43. The summed E-state index contributed by atoms with van der Waals surface area (Å²) in [4.78, 5) is 7.67. The van der Waals surface area contributed by atoms with Crippen molar-refractivity contribution in [3.63, 3.8) is 0 Å². The summed E-state index contributed by atoms with van der Waals surface area (Å²) < 4.78 is 23.3. The first-order valence-corrected chi connectivity index (χ1v) is 7.77. The van der Waals surface area contributed by atoms with Gasteiger partial charge in [0.15, 0.2) is 9.84 Å². The highest BCUT2D eigenvalue weighted by molar-refractivity contribution is 7.91. The maximum absolute atomic E-state index is 11.7. The summed E-state index contributed by atoms with van der Waals surface area (Å²) in [5.41, 5.74) is 7.17. The highest BCUT2D eigenvalue weighted by atomic mass is 32.2. The number of para-hydroxylation sites is 1. The van der Waals surface area contributed by atoms with Crippen LogP contribution in [0.5, 0.6) is 0 Å². The van der Waals surface area contributed by atoms with Crippen LogP contribution >= 0.6 is 0 Å². The predicted molar refractivity (Wildman–Crippen MR) is 71.0 cm³/mol. The van der Waals surface area contributed by atoms with Crippen molar-refractivity contribution in [3.05, 3.63) is 24.0 Å². The van der Waals surface area contributed by atoms with Gasteiger partial charge in [0, 0.05) is 6.26 Å². The maximum Gasteiger partial charge on any atom is 0.177 e. The van der Waals surface area contributed by atoms with Gasteiger partial charge in [-0.25, -0.2) is 13.4 Å². The Morgan fingerprint density at radius 3 is 2.78 bits per heavy atom. The van der Waals surface area contributed by atoms with E-state index < -0.39 is 9.84 Å². The minimum Gasteiger partial charge on any atom is -0.341 e. The Bertz CT molecular complexity index is 661. The molecular formula is C12H17N3O2S. The number of sulfone groups is 1. The highest BCUT2D eigenvalue weighted by Gasteiger charge is 2.17. The van der Waals surface area contributed by atoms with Gasteiger partial charge in [0.1, 0.15) is 11.3 Å². The fraction of sp³-hybridized carbons (Fsp3) is 0.417. The van der Waals surface area contributed by atoms with Crippen molar-refractivity contribution in [1.82, 2.24) is 9.97 Å². The lowest BCUT2D eigenvalue weighted by Crippen LogP contribution is -2.11. The normalized spacial score (nSPS) is 13.9. The molecule has 0 saturated heterocycles. The Kier molecular flexibility index (Phi) is 3.41. The molecule has 0 aliphatic carbocycles. The molecule has 98 valence electrons. The van der Waals surface area contributed by atoms with Crippen molar-refractivity contribution >= 4 is 20.9 Å². The number of nitrogens with one attached hydrogen (secondary N) is 1. The molecule has 0 aliphatic rings. The van der Waals surface area contributed by atoms with E-state index in [2.05, 4.69) is 9.97 Å². The van der Waals surface area contributed by atoms with Crippen molar-refractivity contribution in [2.24, 2.45) is 5.73 Å². The average Bonchev–Trinajstić information content (AvgIpc) is 2.71. The van der Waals surface area contributed by atoms with Crippen molar-refractivity contribution in [1.29, 1.82) is 0 Å². The first-order valence-electron chi connectivity index (χ1n) is 5.87. The second-order valence-corrected chi connectivity index (χ2v) is 6.43. The summed E-state index contributed by atoms with van der Waals surface area (Å²) in [5, 5.41) is 0. The molecule has 0 saturated carbocycles. The van der Waals surface area contributed by atoms with Crippen LogP contribution in [0.2, 0.25) is 0 Å². The highest BCUT2D eigenvalue weighted by Crippen LogP contribution is 2.23. The lowest BCUT2D eigenvalue weighted by molar-refractivity contribution is 0.602. The second-order valence-electron chi connectivity index (χ2n) is 4.44. The van der Waals surface area contributed by atoms with E-state index in [0.717, 1.165) is 12.8 Å². The van der Waals surface area contributed by atoms with Crippen molar-refractivity contribution in [2.75, 3.05) is 6.26 Å². The smallest absolute Gasteiger partial charge is 0.177 e. The van der Waals surface area contributed by atoms with Gasteiger partial charge < -0.3 is 10.7 Å². The molecule has 0 amide bonds. The van der Waals surface area contributed by atoms with Gasteiger partial charge in [-0.1, -0.05) is 19.4 Å². The Balaban J connectivity index is 2.58. The third kappa shape index (κ3) is 2.39. The number of nitrogens with zero attached hydrogens (tertiary/aromatic N) is 1. The van der Waals surface area contributed by atoms with Crippen molar-refractivity contribution < 1.29 is 8.42 Å². The van der Waals surface area contributed by atoms with E-state index in [1.807, 2.05) is 6.92 Å². The molecule has 1 unspecified atom stereocenters. The van der Waals surface area contributed by atoms with E-state index in [0.29, 0.717) is 16.9 Å². The van der Waals surface area contributed by atoms with E-state index >= 15 is 0 Å². The molecule has 18 heavy (non-hydrogen) atoms. The van der Waals surface area contributed by atoms with Crippen LogP contribution in [0, 0.1) is 0 Å². The van der Waals surface area contributed by atoms with Gasteiger partial charge in [0.25, 0.3) is 0 Å². The molecule has 0 fully saturated rings. The standard InChI is InChI=1S/C12H17N3O2S/c1-3-5-8(13)12-14-9-6-4-7-10(11(9)15-12)18(2,16)17/h4,6-8H,3,5,13H2,1-2H3,(H,14,15). The maximum atomic E-state index is 11.7. The quantitative estimate of drug-likeness (QED) is 0.883. The number of nitrogens with two attached hydrogens (primary N) is 1. The molecule has 2 aromatic rings. The molecule has 2 rings (SSSR count). The van der Waals surface area contributed by atoms with Crippen LogP contribution in [-0.4, -0.2) is 24.6 Å². The number of aromatic nitrogens is 2. The molecule has 1 atom stereocenters. The van der Waals surface area contributed by atoms with Crippen LogP contribution in [0.25, 0.3) is 11.0 Å². The Morgan fingerprint density at radius 2 is 2.17 bits per heavy atom. The monoisotopic (exact) mass is 267 g/mol. The van der Waals surface area contributed by atoms with Gasteiger partial charge >= 0.3 is 0 Å². The molecule has 1 aromatic carbocycles. The number of imidazole rings is 1. The summed E-state index contributed by atoms with van der Waals surface area (Å²) in [6.45, 7) is 2.05. The molecule has 0 spiro atoms. The summed E-state index contributed by atoms with van der Waals surface area (Å²) in [5.74, 6) is 0.642. The van der Waals surface area contributed by atoms with Crippen LogP contribution in [0.3, 0.4) is 0 Å². The molecule has 0 radical (unpaired) electrons. The van der Waals surface area contributed by atoms with E-state index in [4.69, 9.17) is 5.73 Å². The molecule has 5 nitrogen and oxygen atoms in total. The first kappa shape index (κ1) is 13.0. The van der Waals surface area contributed by atoms with Gasteiger partial charge in [-0.05, 0) is 18.6 Å². The largest absolute Gasteiger partial charge is 0.341 e. The number of aromatic amines is 1. The van der Waals surface area contributed by atoms with Gasteiger partial charge in [0.05, 0.1) is 16.5 Å². The van der Waals surface area contributed by atoms with Crippen molar-refractivity contribution in [3.8, 4) is 0 Å². The minimum atomic E-state index is -3.28. The Hall–Kier alpha value is -1.40. The van der Waals surface area contributed by atoms with Crippen LogP contribution in [0.4, 0.5) is 0 Å². The molecular weight excluding hydrogens is 250 g/mol. The van der Waals surface area contributed by atoms with Gasteiger partial charge in [-0.15, -0.1) is 0 Å². The number of hydrogen-bond donors (Lipinski definition) is 2. The SMILES string of the molecule is CCCC(N)c1nc2c(S(C)(=O)=O)cccc2[nH]1. The zero-order valence-corrected chi connectivity index (χ0v) is 11.3. The van der Waals surface area contributed by atoms with Crippen LogP contribution in [0.1, 0.15) is 31.6 Å². The van der Waals surface area contributed by atoms with Gasteiger partial charge in [-0.2, -0.15) is 0 Å². The number of benzene rings is 1. The van der Waals surface area contributed by atoms with Crippen LogP contribution in [-0.2, 0) is 9.84 Å². The number of H-pyrrole nitrogens is 1. The lowest BCUT2D eigenvalue weighted by Gasteiger charge is -2.05. The van der Waals surface area contributed by atoms with Gasteiger partial charge in [-0.3, -0.25) is 0 Å². The number of fused-ring (bicyclic) bond motifs is 1. The van der Waals surface area contributed by atoms with E-state index in [-0.39, 0.29) is 10.9 Å². The zero-order chi connectivity index (χ0) is 13.3. The Morgan fingerprint density at radius 1 is 1.44 bits per heavy atom. The number of rotatable bonds is 4. The molecule has 0 aliphatic heterocycles. The predicted octanol–water partition coefficient (Wildman–Crippen LogP) is 1.77. The molecule has 1 aromatic heterocycles. The summed E-state index contributed by atoms with van der Waals surface area (Å²) in [6, 6.07) is 4.88. The summed E-state index contributed by atoms with van der Waals surface area (Å²) in [6.07, 6.45) is 2.95. The summed E-state index contributed by atoms with van der Waals surface area (Å²) >= 11 is 0. The molecule has 6 heteroatoms.